The molecule has 0 bridgehead atoms. The zero-order chi connectivity index (χ0) is 24.2. The summed E-state index contributed by atoms with van der Waals surface area (Å²) in [5.74, 6) is -0.607. The average molecular weight is 463 g/mol. The van der Waals surface area contributed by atoms with Crippen LogP contribution in [0.2, 0.25) is 0 Å². The van der Waals surface area contributed by atoms with Crippen LogP contribution in [0.5, 0.6) is 17.2 Å². The first-order chi connectivity index (χ1) is 15.7. The first-order valence-corrected chi connectivity index (χ1v) is 9.85. The monoisotopic (exact) mass is 463 g/mol. The number of amides is 4. The summed E-state index contributed by atoms with van der Waals surface area (Å²) in [4.78, 5) is 38.7. The molecule has 9 nitrogen and oxygen atoms in total. The summed E-state index contributed by atoms with van der Waals surface area (Å²) >= 11 is 0. The van der Waals surface area contributed by atoms with Crippen LogP contribution in [-0.2, 0) is 16.0 Å². The number of hydrogen-bond donors (Lipinski definition) is 2. The normalized spacial score (nSPS) is 17.7. The number of imide groups is 1. The highest BCUT2D eigenvalue weighted by Crippen LogP contribution is 2.31. The van der Waals surface area contributed by atoms with Crippen molar-refractivity contribution in [1.82, 2.24) is 10.2 Å². The minimum Gasteiger partial charge on any atom is -0.493 e. The maximum absolute atomic E-state index is 13.0. The second kappa shape index (κ2) is 9.72. The number of halogens is 2. The van der Waals surface area contributed by atoms with E-state index in [0.717, 1.165) is 4.90 Å². The number of alkyl halides is 2. The Morgan fingerprint density at radius 3 is 2.45 bits per heavy atom. The van der Waals surface area contributed by atoms with Crippen molar-refractivity contribution in [3.8, 4) is 17.2 Å². The third kappa shape index (κ3) is 5.30. The van der Waals surface area contributed by atoms with Gasteiger partial charge in [0.15, 0.2) is 11.5 Å². The van der Waals surface area contributed by atoms with Gasteiger partial charge < -0.3 is 24.8 Å². The molecule has 3 rings (SSSR count). The lowest BCUT2D eigenvalue weighted by molar-refractivity contribution is -0.133. The van der Waals surface area contributed by atoms with Crippen LogP contribution in [0, 0.1) is 0 Å². The van der Waals surface area contributed by atoms with E-state index in [4.69, 9.17) is 9.47 Å². The van der Waals surface area contributed by atoms with Crippen molar-refractivity contribution in [2.75, 3.05) is 26.1 Å². The number of methoxy groups -OCH3 is 2. The number of carbonyl (C=O) groups is 3. The predicted molar refractivity (Wildman–Crippen MR) is 114 cm³/mol. The first kappa shape index (κ1) is 23.8. The zero-order valence-corrected chi connectivity index (χ0v) is 18.2. The molecular weight excluding hydrogens is 440 g/mol. The number of carbonyl (C=O) groups excluding carboxylic acids is 3. The Labute approximate surface area is 188 Å². The number of para-hydroxylation sites is 2. The van der Waals surface area contributed by atoms with Crippen LogP contribution < -0.4 is 24.8 Å². The van der Waals surface area contributed by atoms with Gasteiger partial charge in [-0.1, -0.05) is 18.2 Å². The van der Waals surface area contributed by atoms with E-state index in [1.807, 2.05) is 0 Å². The predicted octanol–water partition coefficient (Wildman–Crippen LogP) is 2.80. The Morgan fingerprint density at radius 2 is 1.79 bits per heavy atom. The van der Waals surface area contributed by atoms with Gasteiger partial charge in [0.2, 0.25) is 5.91 Å². The van der Waals surface area contributed by atoms with Crippen LogP contribution in [0.4, 0.5) is 19.3 Å². The molecule has 0 aromatic heterocycles. The smallest absolute Gasteiger partial charge is 0.387 e. The van der Waals surface area contributed by atoms with Crippen LogP contribution in [-0.4, -0.2) is 55.7 Å². The van der Waals surface area contributed by atoms with Gasteiger partial charge in [-0.2, -0.15) is 8.78 Å². The van der Waals surface area contributed by atoms with Crippen molar-refractivity contribution >= 4 is 23.5 Å². The molecule has 1 saturated heterocycles. The standard InChI is InChI=1S/C22H23F2N3O6/c1-22(11-13-8-9-16(31-2)17(10-13)32-3)19(29)27(21(30)26-22)12-18(28)25-14-6-4-5-7-15(14)33-20(23)24/h4-10,20H,11-12H2,1-3H3,(H,25,28)(H,26,30)/t22-/m1/s1. The van der Waals surface area contributed by atoms with Crippen LogP contribution in [0.25, 0.3) is 0 Å². The summed E-state index contributed by atoms with van der Waals surface area (Å²) in [7, 11) is 2.98. The second-order valence-electron chi connectivity index (χ2n) is 7.44. The highest BCUT2D eigenvalue weighted by atomic mass is 19.3. The Balaban J connectivity index is 1.71. The van der Waals surface area contributed by atoms with Gasteiger partial charge in [0, 0.05) is 6.42 Å². The Hall–Kier alpha value is -3.89. The topological polar surface area (TPSA) is 106 Å². The van der Waals surface area contributed by atoms with Gasteiger partial charge in [0.05, 0.1) is 19.9 Å². The highest BCUT2D eigenvalue weighted by molar-refractivity contribution is 6.10. The van der Waals surface area contributed by atoms with Crippen LogP contribution in [0.15, 0.2) is 42.5 Å². The van der Waals surface area contributed by atoms with Gasteiger partial charge in [0.25, 0.3) is 5.91 Å². The van der Waals surface area contributed by atoms with Gasteiger partial charge in [0.1, 0.15) is 17.8 Å². The summed E-state index contributed by atoms with van der Waals surface area (Å²) in [5.41, 5.74) is -0.607. The molecule has 1 aliphatic heterocycles. The van der Waals surface area contributed by atoms with E-state index >= 15 is 0 Å². The number of benzene rings is 2. The number of hydrogen-bond acceptors (Lipinski definition) is 6. The van der Waals surface area contributed by atoms with E-state index in [1.54, 1.807) is 25.1 Å². The fraction of sp³-hybridized carbons (Fsp3) is 0.318. The molecule has 4 amide bonds. The molecule has 1 fully saturated rings. The van der Waals surface area contributed by atoms with E-state index in [-0.39, 0.29) is 17.9 Å². The molecule has 33 heavy (non-hydrogen) atoms. The fourth-order valence-corrected chi connectivity index (χ4v) is 3.51. The number of ether oxygens (including phenoxy) is 3. The van der Waals surface area contributed by atoms with Crippen molar-refractivity contribution in [3.63, 3.8) is 0 Å². The second-order valence-corrected chi connectivity index (χ2v) is 7.44. The molecule has 0 saturated carbocycles. The van der Waals surface area contributed by atoms with Gasteiger partial charge >= 0.3 is 12.6 Å². The van der Waals surface area contributed by atoms with E-state index < -0.39 is 36.5 Å². The highest BCUT2D eigenvalue weighted by Gasteiger charge is 2.48. The van der Waals surface area contributed by atoms with Gasteiger partial charge in [-0.15, -0.1) is 0 Å². The Bertz CT molecular complexity index is 1060. The largest absolute Gasteiger partial charge is 0.493 e. The summed E-state index contributed by atoms with van der Waals surface area (Å²) in [5, 5.41) is 5.00. The maximum Gasteiger partial charge on any atom is 0.387 e. The lowest BCUT2D eigenvalue weighted by atomic mass is 9.92. The number of rotatable bonds is 9. The average Bonchev–Trinajstić information content (AvgIpc) is 2.97. The number of urea groups is 1. The molecule has 0 aliphatic carbocycles. The van der Waals surface area contributed by atoms with Crippen molar-refractivity contribution in [2.24, 2.45) is 0 Å². The molecule has 0 spiro atoms. The molecule has 1 aliphatic rings. The number of nitrogens with zero attached hydrogens (tertiary/aromatic N) is 1. The maximum atomic E-state index is 13.0. The van der Waals surface area contributed by atoms with Gasteiger partial charge in [-0.05, 0) is 36.8 Å². The molecule has 2 aromatic carbocycles. The molecule has 1 atom stereocenters. The van der Waals surface area contributed by atoms with Crippen LogP contribution in [0.3, 0.4) is 0 Å². The molecule has 2 N–H and O–H groups in total. The Morgan fingerprint density at radius 1 is 1.09 bits per heavy atom. The van der Waals surface area contributed by atoms with Crippen molar-refractivity contribution in [3.05, 3.63) is 48.0 Å². The summed E-state index contributed by atoms with van der Waals surface area (Å²) < 4.78 is 40.0. The molecule has 2 aromatic rings. The molecule has 176 valence electrons. The van der Waals surface area contributed by atoms with Gasteiger partial charge in [-0.25, -0.2) is 4.79 Å². The molecular formula is C22H23F2N3O6. The summed E-state index contributed by atoms with van der Waals surface area (Å²) in [6.07, 6.45) is 0.140. The van der Waals surface area contributed by atoms with Crippen LogP contribution in [0.1, 0.15) is 12.5 Å². The molecule has 0 unspecified atom stereocenters. The number of nitrogens with one attached hydrogen (secondary N) is 2. The summed E-state index contributed by atoms with van der Waals surface area (Å²) in [6.45, 7) is -2.13. The lowest BCUT2D eigenvalue weighted by Gasteiger charge is -2.22. The first-order valence-electron chi connectivity index (χ1n) is 9.85. The van der Waals surface area contributed by atoms with Crippen molar-refractivity contribution in [2.45, 2.75) is 25.5 Å². The lowest BCUT2D eigenvalue weighted by Crippen LogP contribution is -2.46. The van der Waals surface area contributed by atoms with E-state index in [2.05, 4.69) is 15.4 Å². The van der Waals surface area contributed by atoms with E-state index in [1.165, 1.54) is 38.5 Å². The fourth-order valence-electron chi connectivity index (χ4n) is 3.51. The number of anilines is 1. The third-order valence-corrected chi connectivity index (χ3v) is 5.03. The SMILES string of the molecule is COc1ccc(C[C@@]2(C)NC(=O)N(CC(=O)Nc3ccccc3OC(F)F)C2=O)cc1OC. The van der Waals surface area contributed by atoms with E-state index in [9.17, 15) is 23.2 Å². The van der Waals surface area contributed by atoms with Crippen LogP contribution >= 0.6 is 0 Å². The molecule has 1 heterocycles. The minimum atomic E-state index is -3.08. The van der Waals surface area contributed by atoms with Crippen molar-refractivity contribution < 1.29 is 37.4 Å². The zero-order valence-electron chi connectivity index (χ0n) is 18.2. The molecule has 0 radical (unpaired) electrons. The van der Waals surface area contributed by atoms with Gasteiger partial charge in [-0.3, -0.25) is 14.5 Å². The van der Waals surface area contributed by atoms with E-state index in [0.29, 0.717) is 17.1 Å². The minimum absolute atomic E-state index is 0.0112. The third-order valence-electron chi connectivity index (χ3n) is 5.03. The quantitative estimate of drug-likeness (QED) is 0.554. The summed E-state index contributed by atoms with van der Waals surface area (Å²) in [6, 6.07) is 9.98. The molecule has 11 heteroatoms. The Kier molecular flexibility index (Phi) is 7.00. The van der Waals surface area contributed by atoms with Crippen molar-refractivity contribution in [1.29, 1.82) is 0 Å².